The van der Waals surface area contributed by atoms with Crippen LogP contribution in [0.15, 0.2) is 30.3 Å². The van der Waals surface area contributed by atoms with Gasteiger partial charge in [0.2, 0.25) is 35.4 Å². The lowest BCUT2D eigenvalue weighted by molar-refractivity contribution is -0.143. The molecule has 1 rings (SSSR count). The van der Waals surface area contributed by atoms with Gasteiger partial charge in [-0.2, -0.15) is 0 Å². The molecule has 1 aromatic carbocycles. The number of aliphatic carboxylic acids is 1. The first-order valence-corrected chi connectivity index (χ1v) is 15.3. The fraction of sp³-hybridized carbons (Fsp3) is 0.581. The molecule has 0 aliphatic heterocycles. The molecular weight excluding hydrogens is 598 g/mol. The number of carbonyl (C=O) groups is 7. The molecule has 0 heterocycles. The molecule has 0 aromatic heterocycles. The maximum Gasteiger partial charge on any atom is 0.326 e. The number of carboxylic acid groups (broad SMARTS) is 1. The molecular formula is C31H49N7O8. The molecule has 1 aromatic rings. The predicted octanol–water partition coefficient (Wildman–Crippen LogP) is -0.928. The van der Waals surface area contributed by atoms with Crippen LogP contribution in [0.2, 0.25) is 0 Å². The summed E-state index contributed by atoms with van der Waals surface area (Å²) in [6.45, 7) is 9.97. The number of primary amides is 1. The number of nitrogens with one attached hydrogen (secondary N) is 5. The Balaban J connectivity index is 2.94. The molecule has 0 spiro atoms. The van der Waals surface area contributed by atoms with E-state index in [1.165, 1.54) is 13.8 Å². The molecule has 15 nitrogen and oxygen atoms in total. The molecule has 256 valence electrons. The summed E-state index contributed by atoms with van der Waals surface area (Å²) in [4.78, 5) is 87.6. The number of carboxylic acids is 1. The van der Waals surface area contributed by atoms with Crippen molar-refractivity contribution in [3.05, 3.63) is 35.9 Å². The first kappa shape index (κ1) is 39.5. The summed E-state index contributed by atoms with van der Waals surface area (Å²) in [5.74, 6) is -5.90. The van der Waals surface area contributed by atoms with E-state index in [2.05, 4.69) is 26.6 Å². The molecule has 0 radical (unpaired) electrons. The van der Waals surface area contributed by atoms with Gasteiger partial charge >= 0.3 is 5.97 Å². The third-order valence-corrected chi connectivity index (χ3v) is 7.29. The number of carbonyl (C=O) groups excluding carboxylic acids is 6. The van der Waals surface area contributed by atoms with Crippen LogP contribution in [0.1, 0.15) is 66.4 Å². The van der Waals surface area contributed by atoms with E-state index >= 15 is 0 Å². The van der Waals surface area contributed by atoms with Gasteiger partial charge in [0.25, 0.3) is 0 Å². The highest BCUT2D eigenvalue weighted by atomic mass is 16.4. The molecule has 0 aliphatic rings. The third kappa shape index (κ3) is 13.6. The molecule has 15 heteroatoms. The Kier molecular flexibility index (Phi) is 16.4. The zero-order chi connectivity index (χ0) is 35.1. The molecule has 0 fully saturated rings. The molecule has 46 heavy (non-hydrogen) atoms. The van der Waals surface area contributed by atoms with Gasteiger partial charge in [0.1, 0.15) is 30.2 Å². The molecule has 10 N–H and O–H groups in total. The summed E-state index contributed by atoms with van der Waals surface area (Å²) in [7, 11) is 0. The Bertz CT molecular complexity index is 1230. The van der Waals surface area contributed by atoms with Gasteiger partial charge in [-0.1, -0.05) is 64.4 Å². The van der Waals surface area contributed by atoms with E-state index < -0.39 is 84.1 Å². The molecule has 7 atom stereocenters. The highest BCUT2D eigenvalue weighted by Gasteiger charge is 2.32. The van der Waals surface area contributed by atoms with Crippen molar-refractivity contribution in [3.8, 4) is 0 Å². The zero-order valence-corrected chi connectivity index (χ0v) is 27.3. The SMILES string of the molecule is CC[C@H](C)[C@H](NC(=O)[C@H](C)NC(=O)[C@H](C)NC(=O)[C@H](Cc1ccccc1)NC(=O)[C@@H](N)CC(N)=O)C(=O)N[C@@H](CC(C)C)C(=O)O. The van der Waals surface area contributed by atoms with Crippen molar-refractivity contribution < 1.29 is 38.7 Å². The normalized spacial score (nSPS) is 15.6. The van der Waals surface area contributed by atoms with Crippen LogP contribution >= 0.6 is 0 Å². The number of hydrogen-bond acceptors (Lipinski definition) is 8. The lowest BCUT2D eigenvalue weighted by Gasteiger charge is -2.27. The average molecular weight is 648 g/mol. The molecule has 0 saturated carbocycles. The van der Waals surface area contributed by atoms with Crippen molar-refractivity contribution in [3.63, 3.8) is 0 Å². The standard InChI is InChI=1S/C31H49N7O8/c1-7-17(4)25(30(44)37-23(31(45)46)13-16(2)3)38-27(41)19(6)34-26(40)18(5)35-29(43)22(14-20-11-9-8-10-12-20)36-28(42)21(32)15-24(33)39/h8-12,16-19,21-23,25H,7,13-15,32H2,1-6H3,(H2,33,39)(H,34,40)(H,35,43)(H,36,42)(H,37,44)(H,38,41)(H,45,46)/t17-,18-,19-,21-,22-,23-,25-/m0/s1. The second-order valence-corrected chi connectivity index (χ2v) is 11.9. The summed E-state index contributed by atoms with van der Waals surface area (Å²) in [5.41, 5.74) is 11.6. The summed E-state index contributed by atoms with van der Waals surface area (Å²) in [6, 6.07) is 1.83. The van der Waals surface area contributed by atoms with Crippen LogP contribution in [0.4, 0.5) is 0 Å². The van der Waals surface area contributed by atoms with Gasteiger partial charge in [-0.25, -0.2) is 4.79 Å². The molecule has 0 bridgehead atoms. The second kappa shape index (κ2) is 19.1. The second-order valence-electron chi connectivity index (χ2n) is 11.9. The Morgan fingerprint density at radius 2 is 1.24 bits per heavy atom. The van der Waals surface area contributed by atoms with Crippen LogP contribution in [0.3, 0.4) is 0 Å². The van der Waals surface area contributed by atoms with Gasteiger partial charge in [-0.15, -0.1) is 0 Å². The van der Waals surface area contributed by atoms with Crippen LogP contribution < -0.4 is 38.1 Å². The zero-order valence-electron chi connectivity index (χ0n) is 27.3. The molecule has 0 unspecified atom stereocenters. The number of hydrogen-bond donors (Lipinski definition) is 8. The van der Waals surface area contributed by atoms with Gasteiger partial charge in [-0.3, -0.25) is 28.8 Å². The quantitative estimate of drug-likeness (QED) is 0.0922. The minimum Gasteiger partial charge on any atom is -0.480 e. The van der Waals surface area contributed by atoms with Crippen LogP contribution in [-0.2, 0) is 40.0 Å². The Morgan fingerprint density at radius 1 is 0.717 bits per heavy atom. The number of amides is 6. The van der Waals surface area contributed by atoms with Gasteiger partial charge in [0, 0.05) is 6.42 Å². The lowest BCUT2D eigenvalue weighted by atomic mass is 9.96. The van der Waals surface area contributed by atoms with E-state index in [0.29, 0.717) is 12.0 Å². The molecule has 0 aliphatic carbocycles. The fourth-order valence-corrected chi connectivity index (χ4v) is 4.37. The van der Waals surface area contributed by atoms with Crippen molar-refractivity contribution in [1.82, 2.24) is 26.6 Å². The minimum absolute atomic E-state index is 0.0000487. The fourth-order valence-electron chi connectivity index (χ4n) is 4.37. The predicted molar refractivity (Wildman–Crippen MR) is 169 cm³/mol. The summed E-state index contributed by atoms with van der Waals surface area (Å²) in [6.07, 6.45) is 0.322. The Hall–Kier alpha value is -4.53. The van der Waals surface area contributed by atoms with Crippen LogP contribution in [-0.4, -0.2) is 82.8 Å². The molecule has 6 amide bonds. The highest BCUT2D eigenvalue weighted by molar-refractivity contribution is 5.96. The van der Waals surface area contributed by atoms with E-state index in [-0.39, 0.29) is 24.7 Å². The topological polar surface area (TPSA) is 252 Å². The van der Waals surface area contributed by atoms with Gasteiger partial charge in [0.05, 0.1) is 12.5 Å². The van der Waals surface area contributed by atoms with E-state index in [0.717, 1.165) is 0 Å². The van der Waals surface area contributed by atoms with E-state index in [1.54, 1.807) is 37.3 Å². The van der Waals surface area contributed by atoms with Gasteiger partial charge in [0.15, 0.2) is 0 Å². The first-order valence-electron chi connectivity index (χ1n) is 15.3. The van der Waals surface area contributed by atoms with E-state index in [1.807, 2.05) is 20.8 Å². The van der Waals surface area contributed by atoms with Crippen LogP contribution in [0.5, 0.6) is 0 Å². The maximum atomic E-state index is 13.2. The van der Waals surface area contributed by atoms with E-state index in [4.69, 9.17) is 11.5 Å². The van der Waals surface area contributed by atoms with Crippen molar-refractivity contribution >= 4 is 41.4 Å². The monoisotopic (exact) mass is 647 g/mol. The summed E-state index contributed by atoms with van der Waals surface area (Å²) in [5, 5.41) is 22.1. The molecule has 0 saturated heterocycles. The van der Waals surface area contributed by atoms with E-state index in [9.17, 15) is 38.7 Å². The lowest BCUT2D eigenvalue weighted by Crippen LogP contribution is -2.59. The third-order valence-electron chi connectivity index (χ3n) is 7.29. The summed E-state index contributed by atoms with van der Waals surface area (Å²) >= 11 is 0. The number of nitrogens with two attached hydrogens (primary N) is 2. The number of rotatable bonds is 19. The van der Waals surface area contributed by atoms with Gasteiger partial charge < -0.3 is 43.2 Å². The largest absolute Gasteiger partial charge is 0.480 e. The van der Waals surface area contributed by atoms with Crippen molar-refractivity contribution in [2.45, 2.75) is 103 Å². The maximum absolute atomic E-state index is 13.2. The Labute approximate surface area is 269 Å². The van der Waals surface area contributed by atoms with Crippen molar-refractivity contribution in [2.75, 3.05) is 0 Å². The van der Waals surface area contributed by atoms with Crippen LogP contribution in [0, 0.1) is 11.8 Å². The number of benzene rings is 1. The van der Waals surface area contributed by atoms with Crippen molar-refractivity contribution in [1.29, 1.82) is 0 Å². The first-order chi connectivity index (χ1) is 21.5. The van der Waals surface area contributed by atoms with Crippen molar-refractivity contribution in [2.24, 2.45) is 23.3 Å². The highest BCUT2D eigenvalue weighted by Crippen LogP contribution is 2.11. The van der Waals surface area contributed by atoms with Gasteiger partial charge in [-0.05, 0) is 37.7 Å². The average Bonchev–Trinajstić information content (AvgIpc) is 2.98. The Morgan fingerprint density at radius 3 is 1.74 bits per heavy atom. The summed E-state index contributed by atoms with van der Waals surface area (Å²) < 4.78 is 0. The minimum atomic E-state index is -1.28. The van der Waals surface area contributed by atoms with Crippen LogP contribution in [0.25, 0.3) is 0 Å². The smallest absolute Gasteiger partial charge is 0.326 e.